The number of nitriles is 1. The molecule has 1 N–H and O–H groups in total. The topological polar surface area (TPSA) is 107 Å². The lowest BCUT2D eigenvalue weighted by atomic mass is 9.74. The van der Waals surface area contributed by atoms with Gasteiger partial charge in [-0.15, -0.1) is 0 Å². The summed E-state index contributed by atoms with van der Waals surface area (Å²) in [4.78, 5) is 26.6. The molecule has 4 atom stereocenters. The third-order valence-electron chi connectivity index (χ3n) is 9.39. The summed E-state index contributed by atoms with van der Waals surface area (Å²) in [5.41, 5.74) is -7.81. The van der Waals surface area contributed by atoms with Crippen molar-refractivity contribution in [3.63, 3.8) is 0 Å². The first-order chi connectivity index (χ1) is 21.4. The molecule has 0 spiro atoms. The van der Waals surface area contributed by atoms with Crippen molar-refractivity contribution in [1.29, 1.82) is 5.26 Å². The van der Waals surface area contributed by atoms with E-state index in [2.05, 4.69) is 5.32 Å². The SMILES string of the molecule is N#CCCN1C[C@@H](C(=O)N[C@@H]2CC[C@@]3(S(=O)(=O)c4ccc(F)cc4)c4ccc(C(F)(C(F)(F)F)C(F)(F)F)cc4CC[C@@H]23)CC1=O. The third kappa shape index (κ3) is 5.20. The number of rotatable bonds is 7. The molecule has 2 aromatic carbocycles. The van der Waals surface area contributed by atoms with Crippen LogP contribution in [0.4, 0.5) is 35.1 Å². The number of carbonyl (C=O) groups is 2. The summed E-state index contributed by atoms with van der Waals surface area (Å²) in [7, 11) is -4.56. The lowest BCUT2D eigenvalue weighted by Crippen LogP contribution is -2.51. The maximum Gasteiger partial charge on any atom is 0.435 e. The van der Waals surface area contributed by atoms with E-state index in [1.165, 1.54) is 4.90 Å². The molecule has 1 saturated carbocycles. The fourth-order valence-electron chi connectivity index (χ4n) is 7.20. The molecule has 1 heterocycles. The van der Waals surface area contributed by atoms with Crippen LogP contribution in [0.3, 0.4) is 0 Å². The number of nitrogens with one attached hydrogen (secondary N) is 1. The summed E-state index contributed by atoms with van der Waals surface area (Å²) >= 11 is 0. The van der Waals surface area contributed by atoms with Gasteiger partial charge in [0.2, 0.25) is 11.8 Å². The number of hydrogen-bond donors (Lipinski definition) is 1. The minimum absolute atomic E-state index is 0.0367. The molecule has 46 heavy (non-hydrogen) atoms. The van der Waals surface area contributed by atoms with Crippen molar-refractivity contribution < 1.29 is 53.1 Å². The predicted molar refractivity (Wildman–Crippen MR) is 144 cm³/mol. The molecule has 1 aliphatic heterocycles. The van der Waals surface area contributed by atoms with Crippen molar-refractivity contribution in [2.45, 2.75) is 72.2 Å². The summed E-state index contributed by atoms with van der Waals surface area (Å²) in [5, 5.41) is 11.6. The molecule has 5 rings (SSSR count). The summed E-state index contributed by atoms with van der Waals surface area (Å²) in [6, 6.07) is 6.31. The van der Waals surface area contributed by atoms with Gasteiger partial charge in [-0.1, -0.05) is 18.2 Å². The van der Waals surface area contributed by atoms with Crippen molar-refractivity contribution >= 4 is 21.7 Å². The van der Waals surface area contributed by atoms with E-state index >= 15 is 0 Å². The Morgan fingerprint density at radius 2 is 1.67 bits per heavy atom. The zero-order chi connectivity index (χ0) is 33.9. The van der Waals surface area contributed by atoms with Gasteiger partial charge in [-0.05, 0) is 61.1 Å². The fourth-order valence-corrected chi connectivity index (χ4v) is 9.67. The van der Waals surface area contributed by atoms with Crippen LogP contribution in [0.5, 0.6) is 0 Å². The van der Waals surface area contributed by atoms with Crippen LogP contribution >= 0.6 is 0 Å². The Balaban J connectivity index is 1.56. The molecule has 0 bridgehead atoms. The van der Waals surface area contributed by atoms with E-state index in [0.29, 0.717) is 6.07 Å². The number of alkyl halides is 7. The molecular formula is C30H27F8N3O4S. The van der Waals surface area contributed by atoms with Crippen LogP contribution in [0.2, 0.25) is 0 Å². The van der Waals surface area contributed by atoms with Crippen LogP contribution in [-0.4, -0.2) is 56.6 Å². The average Bonchev–Trinajstić information content (AvgIpc) is 3.55. The molecule has 7 nitrogen and oxygen atoms in total. The quantitative estimate of drug-likeness (QED) is 0.313. The minimum Gasteiger partial charge on any atom is -0.353 e. The van der Waals surface area contributed by atoms with Crippen molar-refractivity contribution in [3.8, 4) is 6.07 Å². The van der Waals surface area contributed by atoms with Crippen molar-refractivity contribution in [1.82, 2.24) is 10.2 Å². The maximum atomic E-state index is 15.0. The van der Waals surface area contributed by atoms with Gasteiger partial charge in [-0.3, -0.25) is 9.59 Å². The Kier molecular flexibility index (Phi) is 8.40. The normalized spacial score (nSPS) is 25.2. The molecule has 2 aliphatic carbocycles. The molecule has 3 aliphatic rings. The molecule has 0 radical (unpaired) electrons. The summed E-state index contributed by atoms with van der Waals surface area (Å²) < 4.78 is 137. The van der Waals surface area contributed by atoms with Gasteiger partial charge in [0, 0.05) is 37.0 Å². The Bertz CT molecular complexity index is 1670. The largest absolute Gasteiger partial charge is 0.435 e. The van der Waals surface area contributed by atoms with Crippen LogP contribution in [0.15, 0.2) is 47.4 Å². The van der Waals surface area contributed by atoms with Crippen LogP contribution in [0, 0.1) is 29.0 Å². The molecular weight excluding hydrogens is 650 g/mol. The number of hydrogen-bond acceptors (Lipinski definition) is 5. The molecule has 0 unspecified atom stereocenters. The third-order valence-corrected chi connectivity index (χ3v) is 12.0. The average molecular weight is 678 g/mol. The van der Waals surface area contributed by atoms with E-state index in [4.69, 9.17) is 5.26 Å². The number of sulfone groups is 1. The molecule has 248 valence electrons. The smallest absolute Gasteiger partial charge is 0.353 e. The van der Waals surface area contributed by atoms with Gasteiger partial charge < -0.3 is 10.2 Å². The number of likely N-dealkylation sites (tertiary alicyclic amines) is 1. The van der Waals surface area contributed by atoms with Crippen LogP contribution in [0.25, 0.3) is 0 Å². The summed E-state index contributed by atoms with van der Waals surface area (Å²) in [5.74, 6) is -3.37. The highest BCUT2D eigenvalue weighted by Gasteiger charge is 2.73. The zero-order valence-electron chi connectivity index (χ0n) is 23.9. The summed E-state index contributed by atoms with van der Waals surface area (Å²) in [6.45, 7) is 0.170. The second-order valence-corrected chi connectivity index (χ2v) is 14.0. The van der Waals surface area contributed by atoms with Gasteiger partial charge in [0.1, 0.15) is 10.6 Å². The number of fused-ring (bicyclic) bond motifs is 3. The van der Waals surface area contributed by atoms with Gasteiger partial charge in [-0.25, -0.2) is 17.2 Å². The van der Waals surface area contributed by atoms with Crippen LogP contribution in [0.1, 0.15) is 48.8 Å². The standard InChI is InChI=1S/C30H27F8N3O4S/c31-20-4-6-21(7-5-20)46(44,45)27-11-10-24(40-26(43)18-15-25(42)41(16-18)13-1-12-39)23(27)8-2-17-14-19(3-9-22(17)27)28(32,29(33,34)35)30(36,37)38/h3-7,9,14,18,23-24H,1-2,8,10-11,13,15-16H2,(H,40,43)/t18-,23-,24+,27+/m0/s1. The number of benzene rings is 2. The molecule has 2 fully saturated rings. The van der Waals surface area contributed by atoms with E-state index in [9.17, 15) is 53.1 Å². The zero-order valence-corrected chi connectivity index (χ0v) is 24.7. The van der Waals surface area contributed by atoms with E-state index in [0.717, 1.165) is 30.3 Å². The Morgan fingerprint density at radius 3 is 2.28 bits per heavy atom. The lowest BCUT2D eigenvalue weighted by Gasteiger charge is -2.43. The lowest BCUT2D eigenvalue weighted by molar-refractivity contribution is -0.348. The van der Waals surface area contributed by atoms with Crippen LogP contribution in [-0.2, 0) is 36.3 Å². The highest BCUT2D eigenvalue weighted by atomic mass is 32.2. The maximum absolute atomic E-state index is 15.0. The highest BCUT2D eigenvalue weighted by Crippen LogP contribution is 2.59. The van der Waals surface area contributed by atoms with Gasteiger partial charge >= 0.3 is 18.0 Å². The Hall–Kier alpha value is -3.74. The monoisotopic (exact) mass is 677 g/mol. The number of nitrogens with zero attached hydrogens (tertiary/aromatic N) is 2. The van der Waals surface area contributed by atoms with E-state index in [1.807, 2.05) is 6.07 Å². The van der Waals surface area contributed by atoms with Gasteiger partial charge in [-0.2, -0.15) is 31.6 Å². The first kappa shape index (κ1) is 33.6. The van der Waals surface area contributed by atoms with Crippen molar-refractivity contribution in [2.75, 3.05) is 13.1 Å². The second kappa shape index (κ2) is 11.5. The van der Waals surface area contributed by atoms with Gasteiger partial charge in [0.05, 0.1) is 23.3 Å². The fraction of sp³-hybridized carbons (Fsp3) is 0.500. The second-order valence-electron chi connectivity index (χ2n) is 11.8. The molecule has 1 saturated heterocycles. The number of carbonyl (C=O) groups excluding carboxylic acids is 2. The first-order valence-corrected chi connectivity index (χ1v) is 15.8. The number of halogens is 8. The molecule has 0 aromatic heterocycles. The van der Waals surface area contributed by atoms with E-state index < -0.39 is 67.8 Å². The Labute approximate surface area is 258 Å². The minimum atomic E-state index is -6.37. The van der Waals surface area contributed by atoms with Gasteiger partial charge in [0.25, 0.3) is 0 Å². The predicted octanol–water partition coefficient (Wildman–Crippen LogP) is 5.39. The molecule has 2 amide bonds. The number of amides is 2. The first-order valence-electron chi connectivity index (χ1n) is 14.3. The van der Waals surface area contributed by atoms with Crippen LogP contribution < -0.4 is 5.32 Å². The highest BCUT2D eigenvalue weighted by molar-refractivity contribution is 7.92. The van der Waals surface area contributed by atoms with Crippen molar-refractivity contribution in [2.24, 2.45) is 11.8 Å². The molecule has 16 heteroatoms. The number of aryl methyl sites for hydroxylation is 1. The molecule has 2 aromatic rings. The van der Waals surface area contributed by atoms with E-state index in [-0.39, 0.29) is 79.6 Å². The van der Waals surface area contributed by atoms with Crippen molar-refractivity contribution in [3.05, 3.63) is 65.0 Å². The summed E-state index contributed by atoms with van der Waals surface area (Å²) in [6.07, 6.45) is -13.3. The Morgan fingerprint density at radius 1 is 1.02 bits per heavy atom. The van der Waals surface area contributed by atoms with E-state index in [1.54, 1.807) is 0 Å². The van der Waals surface area contributed by atoms with Gasteiger partial charge in [0.15, 0.2) is 9.84 Å².